The smallest absolute Gasteiger partial charge is 0.313 e. The molecule has 164 valence electrons. The van der Waals surface area contributed by atoms with Gasteiger partial charge in [0, 0.05) is 54.5 Å². The number of rotatable bonds is 5. The zero-order chi connectivity index (χ0) is 22.4. The Hall–Kier alpha value is -2.13. The van der Waals surface area contributed by atoms with E-state index in [1.54, 1.807) is 47.4 Å². The summed E-state index contributed by atoms with van der Waals surface area (Å²) in [5, 5.41) is 5.99. The van der Waals surface area contributed by atoms with Gasteiger partial charge in [0.15, 0.2) is 0 Å². The van der Waals surface area contributed by atoms with Crippen LogP contribution in [0.1, 0.15) is 10.4 Å². The number of benzene rings is 2. The summed E-state index contributed by atoms with van der Waals surface area (Å²) in [5.74, 6) is -1.52. The van der Waals surface area contributed by atoms with Gasteiger partial charge >= 0.3 is 11.8 Å². The van der Waals surface area contributed by atoms with Crippen molar-refractivity contribution in [1.82, 2.24) is 15.1 Å². The molecule has 1 saturated heterocycles. The van der Waals surface area contributed by atoms with Gasteiger partial charge in [-0.1, -0.05) is 39.1 Å². The molecule has 7 nitrogen and oxygen atoms in total. The minimum absolute atomic E-state index is 0.126. The second-order valence-electron chi connectivity index (χ2n) is 6.97. The van der Waals surface area contributed by atoms with Crippen molar-refractivity contribution in [3.05, 3.63) is 62.5 Å². The lowest BCUT2D eigenvalue weighted by Crippen LogP contribution is -2.50. The SMILES string of the molecule is O=C(NCCN1CCN(C(=O)c2ccc(Cl)cc2Cl)CC1)C(=O)Nc1ccc(Br)cc1. The van der Waals surface area contributed by atoms with E-state index in [0.29, 0.717) is 60.6 Å². The number of nitrogens with zero attached hydrogens (tertiary/aromatic N) is 2. The predicted octanol–water partition coefficient (Wildman–Crippen LogP) is 3.27. The second-order valence-corrected chi connectivity index (χ2v) is 8.73. The van der Waals surface area contributed by atoms with E-state index in [4.69, 9.17) is 23.2 Å². The normalized spacial score (nSPS) is 14.2. The molecule has 1 fully saturated rings. The maximum absolute atomic E-state index is 12.7. The summed E-state index contributed by atoms with van der Waals surface area (Å²) >= 11 is 15.3. The van der Waals surface area contributed by atoms with Gasteiger partial charge in [0.05, 0.1) is 10.6 Å². The lowest BCUT2D eigenvalue weighted by Gasteiger charge is -2.34. The molecule has 2 aromatic carbocycles. The van der Waals surface area contributed by atoms with Crippen LogP contribution in [-0.2, 0) is 9.59 Å². The van der Waals surface area contributed by atoms with E-state index in [1.807, 2.05) is 0 Å². The van der Waals surface area contributed by atoms with Gasteiger partial charge in [0.2, 0.25) is 0 Å². The van der Waals surface area contributed by atoms with Crippen molar-refractivity contribution >= 4 is 62.5 Å². The number of halogens is 3. The highest BCUT2D eigenvalue weighted by atomic mass is 79.9. The molecule has 1 aliphatic heterocycles. The van der Waals surface area contributed by atoms with E-state index < -0.39 is 11.8 Å². The van der Waals surface area contributed by atoms with Gasteiger partial charge in [-0.15, -0.1) is 0 Å². The number of hydrogen-bond acceptors (Lipinski definition) is 4. The standard InChI is InChI=1S/C21H21BrCl2N4O3/c22-14-1-4-16(5-2-14)26-20(30)19(29)25-7-8-27-9-11-28(12-10-27)21(31)17-6-3-15(23)13-18(17)24/h1-6,13H,7-12H2,(H,25,29)(H,26,30). The van der Waals surface area contributed by atoms with Crippen molar-refractivity contribution in [2.45, 2.75) is 0 Å². The number of amides is 3. The summed E-state index contributed by atoms with van der Waals surface area (Å²) in [6.07, 6.45) is 0. The third-order valence-electron chi connectivity index (χ3n) is 4.84. The van der Waals surface area contributed by atoms with Crippen LogP contribution in [0.2, 0.25) is 10.0 Å². The number of anilines is 1. The second kappa shape index (κ2) is 10.9. The Labute approximate surface area is 198 Å². The van der Waals surface area contributed by atoms with Gasteiger partial charge in [-0.3, -0.25) is 19.3 Å². The van der Waals surface area contributed by atoms with Crippen LogP contribution in [0.25, 0.3) is 0 Å². The molecule has 10 heteroatoms. The summed E-state index contributed by atoms with van der Waals surface area (Å²) < 4.78 is 0.882. The average Bonchev–Trinajstić information content (AvgIpc) is 2.75. The van der Waals surface area contributed by atoms with Gasteiger partial charge in [0.1, 0.15) is 0 Å². The van der Waals surface area contributed by atoms with Crippen molar-refractivity contribution in [3.8, 4) is 0 Å². The fourth-order valence-corrected chi connectivity index (χ4v) is 3.89. The number of hydrogen-bond donors (Lipinski definition) is 2. The molecule has 0 aliphatic carbocycles. The first-order valence-electron chi connectivity index (χ1n) is 9.65. The summed E-state index contributed by atoms with van der Waals surface area (Å²) in [6.45, 7) is 3.35. The van der Waals surface area contributed by atoms with E-state index in [-0.39, 0.29) is 5.91 Å². The molecular weight excluding hydrogens is 507 g/mol. The molecule has 1 heterocycles. The first-order chi connectivity index (χ1) is 14.8. The molecule has 2 aromatic rings. The fourth-order valence-electron chi connectivity index (χ4n) is 3.14. The minimum Gasteiger partial charge on any atom is -0.347 e. The molecule has 0 saturated carbocycles. The maximum Gasteiger partial charge on any atom is 0.313 e. The number of piperazine rings is 1. The largest absolute Gasteiger partial charge is 0.347 e. The topological polar surface area (TPSA) is 81.8 Å². The van der Waals surface area contributed by atoms with Gasteiger partial charge in [-0.05, 0) is 42.5 Å². The monoisotopic (exact) mass is 526 g/mol. The van der Waals surface area contributed by atoms with Crippen molar-refractivity contribution in [1.29, 1.82) is 0 Å². The number of carbonyl (C=O) groups is 3. The fraction of sp³-hybridized carbons (Fsp3) is 0.286. The highest BCUT2D eigenvalue weighted by Crippen LogP contribution is 2.22. The molecule has 31 heavy (non-hydrogen) atoms. The van der Waals surface area contributed by atoms with Crippen molar-refractivity contribution in [2.24, 2.45) is 0 Å². The van der Waals surface area contributed by atoms with Gasteiger partial charge in [-0.2, -0.15) is 0 Å². The highest BCUT2D eigenvalue weighted by molar-refractivity contribution is 9.10. The van der Waals surface area contributed by atoms with Crippen LogP contribution in [0.15, 0.2) is 46.9 Å². The first-order valence-corrected chi connectivity index (χ1v) is 11.2. The van der Waals surface area contributed by atoms with E-state index in [0.717, 1.165) is 4.47 Å². The molecule has 2 N–H and O–H groups in total. The van der Waals surface area contributed by atoms with Gasteiger partial charge < -0.3 is 15.5 Å². The van der Waals surface area contributed by atoms with Crippen LogP contribution in [0.5, 0.6) is 0 Å². The third kappa shape index (κ3) is 6.67. The first kappa shape index (κ1) is 23.5. The van der Waals surface area contributed by atoms with Crippen molar-refractivity contribution in [3.63, 3.8) is 0 Å². The van der Waals surface area contributed by atoms with E-state index >= 15 is 0 Å². The lowest BCUT2D eigenvalue weighted by molar-refractivity contribution is -0.136. The van der Waals surface area contributed by atoms with Crippen molar-refractivity contribution < 1.29 is 14.4 Å². The number of carbonyl (C=O) groups excluding carboxylic acids is 3. The predicted molar refractivity (Wildman–Crippen MR) is 125 cm³/mol. The summed E-state index contributed by atoms with van der Waals surface area (Å²) in [7, 11) is 0. The van der Waals surface area contributed by atoms with Crippen LogP contribution >= 0.6 is 39.1 Å². The zero-order valence-corrected chi connectivity index (χ0v) is 19.6. The van der Waals surface area contributed by atoms with Crippen molar-refractivity contribution in [2.75, 3.05) is 44.6 Å². The van der Waals surface area contributed by atoms with Crippen LogP contribution in [0, 0.1) is 0 Å². The van der Waals surface area contributed by atoms with Gasteiger partial charge in [0.25, 0.3) is 5.91 Å². The summed E-state index contributed by atoms with van der Waals surface area (Å²) in [4.78, 5) is 40.5. The van der Waals surface area contributed by atoms with E-state index in [9.17, 15) is 14.4 Å². The van der Waals surface area contributed by atoms with Crippen LogP contribution in [0.4, 0.5) is 5.69 Å². The molecule has 1 aliphatic rings. The molecule has 0 unspecified atom stereocenters. The van der Waals surface area contributed by atoms with E-state index in [2.05, 4.69) is 31.5 Å². The molecule has 0 spiro atoms. The third-order valence-corrected chi connectivity index (χ3v) is 5.92. The molecule has 3 amide bonds. The Balaban J connectivity index is 1.39. The Morgan fingerprint density at radius 1 is 0.935 bits per heavy atom. The summed E-state index contributed by atoms with van der Waals surface area (Å²) in [6, 6.07) is 11.8. The molecule has 0 atom stereocenters. The maximum atomic E-state index is 12.7. The number of nitrogens with one attached hydrogen (secondary N) is 2. The Bertz CT molecular complexity index is 964. The minimum atomic E-state index is -0.711. The van der Waals surface area contributed by atoms with Crippen LogP contribution in [-0.4, -0.2) is 66.8 Å². The molecule has 0 bridgehead atoms. The molecule has 0 aromatic heterocycles. The highest BCUT2D eigenvalue weighted by Gasteiger charge is 2.23. The Morgan fingerprint density at radius 2 is 1.61 bits per heavy atom. The quantitative estimate of drug-likeness (QED) is 0.585. The zero-order valence-electron chi connectivity index (χ0n) is 16.5. The summed E-state index contributed by atoms with van der Waals surface area (Å²) in [5.41, 5.74) is 0.980. The lowest BCUT2D eigenvalue weighted by atomic mass is 10.2. The van der Waals surface area contributed by atoms with E-state index in [1.165, 1.54) is 0 Å². The molecule has 0 radical (unpaired) electrons. The molecule has 3 rings (SSSR count). The average molecular weight is 528 g/mol. The Morgan fingerprint density at radius 3 is 2.26 bits per heavy atom. The molecular formula is C21H21BrCl2N4O3. The Kier molecular flexibility index (Phi) is 8.31. The van der Waals surface area contributed by atoms with Crippen LogP contribution in [0.3, 0.4) is 0 Å². The van der Waals surface area contributed by atoms with Crippen LogP contribution < -0.4 is 10.6 Å². The van der Waals surface area contributed by atoms with Gasteiger partial charge in [-0.25, -0.2) is 0 Å².